The number of pyridine rings is 1. The number of aromatic nitrogens is 1. The van der Waals surface area contributed by atoms with E-state index in [0.29, 0.717) is 24.3 Å². The lowest BCUT2D eigenvalue weighted by molar-refractivity contribution is 0.102. The summed E-state index contributed by atoms with van der Waals surface area (Å²) in [6, 6.07) is 10.5. The van der Waals surface area contributed by atoms with Gasteiger partial charge in [-0.1, -0.05) is 29.3 Å². The molecular formula is C21H18Cl2N4O2. The molecule has 0 unspecified atom stereocenters. The molecule has 8 heteroatoms. The molecule has 0 aliphatic carbocycles. The molecule has 0 radical (unpaired) electrons. The summed E-state index contributed by atoms with van der Waals surface area (Å²) in [5.41, 5.74) is 3.01. The molecule has 1 aromatic heterocycles. The summed E-state index contributed by atoms with van der Waals surface area (Å²) >= 11 is 12.3. The molecule has 0 bridgehead atoms. The van der Waals surface area contributed by atoms with Crippen LogP contribution in [0, 0.1) is 6.92 Å². The Morgan fingerprint density at radius 3 is 2.52 bits per heavy atom. The van der Waals surface area contributed by atoms with Gasteiger partial charge in [0.1, 0.15) is 0 Å². The number of likely N-dealkylation sites (N-methyl/N-ethyl adjacent to an activating group) is 1. The van der Waals surface area contributed by atoms with Crippen molar-refractivity contribution in [2.24, 2.45) is 0 Å². The van der Waals surface area contributed by atoms with Crippen LogP contribution in [-0.2, 0) is 0 Å². The molecule has 4 rings (SSSR count). The fourth-order valence-electron chi connectivity index (χ4n) is 3.49. The van der Waals surface area contributed by atoms with Gasteiger partial charge in [0.2, 0.25) is 0 Å². The van der Waals surface area contributed by atoms with Crippen molar-refractivity contribution in [3.63, 3.8) is 0 Å². The maximum atomic E-state index is 12.9. The number of carbonyl (C=O) groups excluding carboxylic acids is 2. The summed E-state index contributed by atoms with van der Waals surface area (Å²) in [5.74, 6) is -0.420. The second-order valence-electron chi connectivity index (χ2n) is 6.95. The Morgan fingerprint density at radius 2 is 1.86 bits per heavy atom. The number of aryl methyl sites for hydroxylation is 1. The summed E-state index contributed by atoms with van der Waals surface area (Å²) in [5, 5.41) is 4.21. The number of carbonyl (C=O) groups is 2. The average Bonchev–Trinajstić information content (AvgIpc) is 3.00. The molecule has 0 spiro atoms. The lowest BCUT2D eigenvalue weighted by Crippen LogP contribution is -2.29. The van der Waals surface area contributed by atoms with E-state index in [1.54, 1.807) is 41.2 Å². The molecule has 1 aliphatic rings. The van der Waals surface area contributed by atoms with Crippen LogP contribution in [0.5, 0.6) is 0 Å². The Morgan fingerprint density at radius 1 is 1.14 bits per heavy atom. The number of anilines is 2. The standard InChI is InChI=1S/C21H18Cl2N4O2/c1-12-10-13-17(27-9-8-26(2)21(27)29)6-7-24-19(13)16(11-12)25-20(28)18-14(22)4-3-5-15(18)23/h3-7,10-11H,8-9H2,1-2H3,(H,25,28). The Hall–Kier alpha value is -2.83. The van der Waals surface area contributed by atoms with Gasteiger partial charge < -0.3 is 10.2 Å². The third-order valence-corrected chi connectivity index (χ3v) is 5.54. The minimum atomic E-state index is -0.420. The molecule has 0 saturated carbocycles. The topological polar surface area (TPSA) is 65.5 Å². The first-order chi connectivity index (χ1) is 13.9. The zero-order chi connectivity index (χ0) is 20.7. The van der Waals surface area contributed by atoms with Crippen molar-refractivity contribution >= 4 is 57.4 Å². The zero-order valence-corrected chi connectivity index (χ0v) is 17.4. The maximum absolute atomic E-state index is 12.9. The van der Waals surface area contributed by atoms with Crippen LogP contribution in [0.25, 0.3) is 10.9 Å². The zero-order valence-electron chi connectivity index (χ0n) is 15.9. The fourth-order valence-corrected chi connectivity index (χ4v) is 4.06. The molecule has 1 fully saturated rings. The molecule has 148 valence electrons. The van der Waals surface area contributed by atoms with E-state index in [4.69, 9.17) is 23.2 Å². The maximum Gasteiger partial charge on any atom is 0.324 e. The van der Waals surface area contributed by atoms with Crippen molar-refractivity contribution < 1.29 is 9.59 Å². The summed E-state index contributed by atoms with van der Waals surface area (Å²) in [6.07, 6.45) is 1.64. The number of nitrogens with zero attached hydrogens (tertiary/aromatic N) is 3. The van der Waals surface area contributed by atoms with Crippen molar-refractivity contribution in [2.75, 3.05) is 30.4 Å². The Kier molecular flexibility index (Phi) is 5.06. The van der Waals surface area contributed by atoms with Gasteiger partial charge in [0.05, 0.1) is 32.5 Å². The van der Waals surface area contributed by atoms with Crippen molar-refractivity contribution in [3.05, 3.63) is 63.8 Å². The van der Waals surface area contributed by atoms with Crippen molar-refractivity contribution in [1.29, 1.82) is 0 Å². The number of amides is 3. The average molecular weight is 429 g/mol. The molecule has 2 heterocycles. The van der Waals surface area contributed by atoms with Gasteiger partial charge in [0, 0.05) is 31.7 Å². The quantitative estimate of drug-likeness (QED) is 0.639. The highest BCUT2D eigenvalue weighted by atomic mass is 35.5. The van der Waals surface area contributed by atoms with E-state index in [-0.39, 0.29) is 21.6 Å². The summed E-state index contributed by atoms with van der Waals surface area (Å²) < 4.78 is 0. The summed E-state index contributed by atoms with van der Waals surface area (Å²) in [4.78, 5) is 33.2. The Bertz CT molecular complexity index is 1130. The molecule has 3 aromatic rings. The van der Waals surface area contributed by atoms with Crippen LogP contribution in [0.3, 0.4) is 0 Å². The highest BCUT2D eigenvalue weighted by Gasteiger charge is 2.28. The second kappa shape index (κ2) is 7.54. The van der Waals surface area contributed by atoms with Crippen LogP contribution in [0.15, 0.2) is 42.6 Å². The highest BCUT2D eigenvalue weighted by Crippen LogP contribution is 2.34. The van der Waals surface area contributed by atoms with Gasteiger partial charge in [-0.15, -0.1) is 0 Å². The highest BCUT2D eigenvalue weighted by molar-refractivity contribution is 6.40. The van der Waals surface area contributed by atoms with E-state index in [0.717, 1.165) is 16.6 Å². The molecule has 2 aromatic carbocycles. The minimum absolute atomic E-state index is 0.0626. The van der Waals surface area contributed by atoms with Gasteiger partial charge in [0.15, 0.2) is 0 Å². The van der Waals surface area contributed by atoms with E-state index in [9.17, 15) is 9.59 Å². The van der Waals surface area contributed by atoms with Gasteiger partial charge in [-0.3, -0.25) is 14.7 Å². The molecule has 1 N–H and O–H groups in total. The predicted octanol–water partition coefficient (Wildman–Crippen LogP) is 4.97. The Balaban J connectivity index is 1.79. The number of benzene rings is 2. The van der Waals surface area contributed by atoms with Crippen LogP contribution in [0.4, 0.5) is 16.2 Å². The lowest BCUT2D eigenvalue weighted by atomic mass is 10.1. The largest absolute Gasteiger partial charge is 0.326 e. The third kappa shape index (κ3) is 3.50. The van der Waals surface area contributed by atoms with E-state index in [1.165, 1.54) is 0 Å². The SMILES string of the molecule is Cc1cc(NC(=O)c2c(Cl)cccc2Cl)c2nccc(N3CCN(C)C3=O)c2c1. The first-order valence-electron chi connectivity index (χ1n) is 9.04. The van der Waals surface area contributed by atoms with Crippen LogP contribution in [0.1, 0.15) is 15.9 Å². The molecule has 1 aliphatic heterocycles. The number of urea groups is 1. The van der Waals surface area contributed by atoms with Crippen LogP contribution < -0.4 is 10.2 Å². The summed E-state index contributed by atoms with van der Waals surface area (Å²) in [7, 11) is 1.77. The van der Waals surface area contributed by atoms with E-state index in [1.807, 2.05) is 25.1 Å². The number of hydrogen-bond donors (Lipinski definition) is 1. The molecule has 29 heavy (non-hydrogen) atoms. The second-order valence-corrected chi connectivity index (χ2v) is 7.76. The fraction of sp³-hybridized carbons (Fsp3) is 0.190. The first kappa shape index (κ1) is 19.5. The number of halogens is 2. The predicted molar refractivity (Wildman–Crippen MR) is 116 cm³/mol. The van der Waals surface area contributed by atoms with Crippen molar-refractivity contribution in [3.8, 4) is 0 Å². The molecule has 1 saturated heterocycles. The number of rotatable bonds is 3. The number of hydrogen-bond acceptors (Lipinski definition) is 3. The molecule has 3 amide bonds. The van der Waals surface area contributed by atoms with E-state index >= 15 is 0 Å². The van der Waals surface area contributed by atoms with Crippen LogP contribution >= 0.6 is 23.2 Å². The monoisotopic (exact) mass is 428 g/mol. The molecular weight excluding hydrogens is 411 g/mol. The number of fused-ring (bicyclic) bond motifs is 1. The Labute approximate surface area is 178 Å². The van der Waals surface area contributed by atoms with E-state index in [2.05, 4.69) is 10.3 Å². The van der Waals surface area contributed by atoms with Gasteiger partial charge in [-0.2, -0.15) is 0 Å². The van der Waals surface area contributed by atoms with Crippen LogP contribution in [-0.4, -0.2) is 42.0 Å². The first-order valence-corrected chi connectivity index (χ1v) is 9.80. The van der Waals surface area contributed by atoms with Gasteiger partial charge in [-0.05, 0) is 42.8 Å². The lowest BCUT2D eigenvalue weighted by Gasteiger charge is -2.19. The molecule has 0 atom stereocenters. The minimum Gasteiger partial charge on any atom is -0.326 e. The van der Waals surface area contributed by atoms with Gasteiger partial charge in [0.25, 0.3) is 5.91 Å². The third-order valence-electron chi connectivity index (χ3n) is 4.91. The molecule has 6 nitrogen and oxygen atoms in total. The van der Waals surface area contributed by atoms with Crippen molar-refractivity contribution in [2.45, 2.75) is 6.92 Å². The normalized spacial score (nSPS) is 14.0. The van der Waals surface area contributed by atoms with Crippen LogP contribution in [0.2, 0.25) is 10.0 Å². The van der Waals surface area contributed by atoms with Gasteiger partial charge >= 0.3 is 6.03 Å². The van der Waals surface area contributed by atoms with E-state index < -0.39 is 5.91 Å². The smallest absolute Gasteiger partial charge is 0.324 e. The summed E-state index contributed by atoms with van der Waals surface area (Å²) in [6.45, 7) is 3.18. The number of nitrogens with one attached hydrogen (secondary N) is 1. The van der Waals surface area contributed by atoms with Crippen molar-refractivity contribution in [1.82, 2.24) is 9.88 Å². The van der Waals surface area contributed by atoms with Gasteiger partial charge in [-0.25, -0.2) is 4.79 Å².